The lowest BCUT2D eigenvalue weighted by Gasteiger charge is -2.55. The molecular formula is C60H81N9O9S. The van der Waals surface area contributed by atoms with Gasteiger partial charge in [0.05, 0.1) is 78.2 Å². The van der Waals surface area contributed by atoms with Gasteiger partial charge in [0, 0.05) is 118 Å². The first-order valence-corrected chi connectivity index (χ1v) is 30.2. The summed E-state index contributed by atoms with van der Waals surface area (Å²) in [5.74, 6) is -0.569. The van der Waals surface area contributed by atoms with E-state index >= 15 is 4.79 Å². The molecule has 2 amide bonds. The van der Waals surface area contributed by atoms with Crippen LogP contribution in [0.5, 0.6) is 0 Å². The Labute approximate surface area is 468 Å². The van der Waals surface area contributed by atoms with Crippen molar-refractivity contribution < 1.29 is 42.8 Å². The molecule has 11 heterocycles. The number of thiazole rings is 1. The number of hydrogen-bond donors (Lipinski definition) is 2. The normalized spacial score (nSPS) is 32.2. The molecule has 5 atom stereocenters. The number of piperazine rings is 1. The fourth-order valence-corrected chi connectivity index (χ4v) is 15.5. The Hall–Kier alpha value is -4.57. The first-order chi connectivity index (χ1) is 37.9. The molecule has 4 aromatic rings. The number of carbonyl (C=O) groups excluding carboxylic acids is 3. The van der Waals surface area contributed by atoms with E-state index in [4.69, 9.17) is 38.4 Å². The number of esters is 1. The highest BCUT2D eigenvalue weighted by atomic mass is 32.1. The Morgan fingerprint density at radius 1 is 0.962 bits per heavy atom. The van der Waals surface area contributed by atoms with E-state index in [-0.39, 0.29) is 60.3 Å². The van der Waals surface area contributed by atoms with Crippen molar-refractivity contribution in [1.29, 1.82) is 0 Å². The quantitative estimate of drug-likeness (QED) is 0.133. The van der Waals surface area contributed by atoms with Crippen molar-refractivity contribution in [2.45, 2.75) is 165 Å². The fourth-order valence-electron chi connectivity index (χ4n) is 14.5. The van der Waals surface area contributed by atoms with E-state index in [2.05, 4.69) is 94.3 Å². The number of nitrogens with zero attached hydrogens (tertiary/aromatic N) is 7. The van der Waals surface area contributed by atoms with Gasteiger partial charge in [-0.3, -0.25) is 29.4 Å². The van der Waals surface area contributed by atoms with E-state index in [0.717, 1.165) is 95.4 Å². The summed E-state index contributed by atoms with van der Waals surface area (Å²) in [4.78, 5) is 62.9. The van der Waals surface area contributed by atoms with Gasteiger partial charge in [-0.15, -0.1) is 11.3 Å². The van der Waals surface area contributed by atoms with Gasteiger partial charge in [0.2, 0.25) is 0 Å². The van der Waals surface area contributed by atoms with Gasteiger partial charge in [-0.25, -0.2) is 15.2 Å². The Balaban J connectivity index is 0.953. The number of fused-ring (bicyclic) bond motifs is 5. The number of nitrogens with one attached hydrogen (secondary N) is 2. The second-order valence-corrected chi connectivity index (χ2v) is 27.1. The molecule has 1 aromatic carbocycles. The molecule has 3 saturated carbocycles. The van der Waals surface area contributed by atoms with Gasteiger partial charge in [-0.05, 0) is 115 Å². The highest BCUT2D eigenvalue weighted by molar-refractivity contribution is 7.10. The number of cyclic esters (lactones) is 1. The minimum Gasteiger partial charge on any atom is -0.464 e. The minimum atomic E-state index is -1.09. The number of methoxy groups -OCH3 is 2. The average Bonchev–Trinajstić information content (AvgIpc) is 3.95. The highest BCUT2D eigenvalue weighted by Crippen LogP contribution is 2.53. The van der Waals surface area contributed by atoms with Gasteiger partial charge in [0.1, 0.15) is 22.2 Å². The van der Waals surface area contributed by atoms with E-state index in [0.29, 0.717) is 82.4 Å². The lowest BCUT2D eigenvalue weighted by Crippen LogP contribution is -2.75. The number of ether oxygens (including phenoxy) is 6. The number of amides is 2. The lowest BCUT2D eigenvalue weighted by atomic mass is 9.66. The Morgan fingerprint density at radius 2 is 1.75 bits per heavy atom. The Kier molecular flexibility index (Phi) is 13.9. The van der Waals surface area contributed by atoms with E-state index in [9.17, 15) is 9.59 Å². The molecule has 3 aromatic heterocycles. The maximum atomic E-state index is 15.4. The van der Waals surface area contributed by atoms with Crippen LogP contribution in [0.15, 0.2) is 35.8 Å². The first kappa shape index (κ1) is 53.7. The predicted molar refractivity (Wildman–Crippen MR) is 299 cm³/mol. The lowest BCUT2D eigenvalue weighted by molar-refractivity contribution is -0.181. The van der Waals surface area contributed by atoms with E-state index in [1.165, 1.54) is 24.2 Å². The molecule has 3 aliphatic carbocycles. The molecule has 79 heavy (non-hydrogen) atoms. The monoisotopic (exact) mass is 1100 g/mol. The Bertz CT molecular complexity index is 2980. The molecule has 9 bridgehead atoms. The number of rotatable bonds is 13. The SMILES string of the molecule is COC1CN([C@@H]2c3nc(cs3)-c3ccc4c(c3)c(c(-c3cc(N5CCN(C6CC6)CC5)cnc3[C@H](C)OC)n4CCO[C@H]3CCOC(C)(C)C3)CC(C)(C)COC(=O)C34CC(CN(N3)C(=O)[C@H]2NC(=O)C23CC(C2)[C@H](C)O3)C4)C1. The number of pyridine rings is 1. The molecule has 426 valence electrons. The van der Waals surface area contributed by atoms with Crippen LogP contribution in [0, 0.1) is 17.3 Å². The van der Waals surface area contributed by atoms with Crippen LogP contribution in [0.1, 0.15) is 121 Å². The van der Waals surface area contributed by atoms with Gasteiger partial charge in [-0.1, -0.05) is 19.9 Å². The van der Waals surface area contributed by atoms with Crippen LogP contribution in [0.4, 0.5) is 5.69 Å². The van der Waals surface area contributed by atoms with E-state index in [1.54, 1.807) is 19.2 Å². The Morgan fingerprint density at radius 3 is 2.46 bits per heavy atom. The summed E-state index contributed by atoms with van der Waals surface area (Å²) in [5.41, 5.74) is 8.40. The zero-order valence-corrected chi connectivity index (χ0v) is 48.3. The molecule has 19 heteroatoms. The maximum Gasteiger partial charge on any atom is 0.328 e. The van der Waals surface area contributed by atoms with E-state index < -0.39 is 28.6 Å². The third-order valence-corrected chi connectivity index (χ3v) is 20.2. The largest absolute Gasteiger partial charge is 0.464 e. The van der Waals surface area contributed by atoms with Crippen molar-refractivity contribution in [2.75, 3.05) is 84.8 Å². The smallest absolute Gasteiger partial charge is 0.328 e. The van der Waals surface area contributed by atoms with Crippen molar-refractivity contribution in [2.24, 2.45) is 17.3 Å². The third-order valence-electron chi connectivity index (χ3n) is 19.3. The number of aromatic nitrogens is 3. The molecule has 2 N–H and O–H groups in total. The van der Waals surface area contributed by atoms with Crippen molar-refractivity contribution in [1.82, 2.24) is 40.1 Å². The van der Waals surface area contributed by atoms with Crippen LogP contribution in [0.2, 0.25) is 0 Å². The first-order valence-electron chi connectivity index (χ1n) is 29.3. The van der Waals surface area contributed by atoms with E-state index in [1.807, 2.05) is 13.1 Å². The minimum absolute atomic E-state index is 0.0341. The van der Waals surface area contributed by atoms with Gasteiger partial charge >= 0.3 is 5.97 Å². The number of anilines is 1. The van der Waals surface area contributed by atoms with Crippen LogP contribution in [-0.2, 0) is 55.8 Å². The zero-order valence-electron chi connectivity index (χ0n) is 47.5. The molecule has 0 radical (unpaired) electrons. The summed E-state index contributed by atoms with van der Waals surface area (Å²) in [5, 5.41) is 8.72. The second kappa shape index (κ2) is 20.4. The van der Waals surface area contributed by atoms with Crippen molar-refractivity contribution in [3.8, 4) is 22.5 Å². The number of likely N-dealkylation sites (tertiary alicyclic amines) is 1. The second-order valence-electron chi connectivity index (χ2n) is 26.2. The molecule has 7 saturated heterocycles. The summed E-state index contributed by atoms with van der Waals surface area (Å²) in [7, 11) is 3.45. The zero-order chi connectivity index (χ0) is 54.8. The van der Waals surface area contributed by atoms with Crippen molar-refractivity contribution >= 4 is 45.7 Å². The molecule has 18 nitrogen and oxygen atoms in total. The van der Waals surface area contributed by atoms with Crippen LogP contribution >= 0.6 is 11.3 Å². The van der Waals surface area contributed by atoms with Gasteiger partial charge in [-0.2, -0.15) is 0 Å². The van der Waals surface area contributed by atoms with Crippen LogP contribution < -0.4 is 15.6 Å². The van der Waals surface area contributed by atoms with Crippen LogP contribution in [0.3, 0.4) is 0 Å². The number of carbonyl (C=O) groups is 3. The maximum absolute atomic E-state index is 15.4. The molecular weight excluding hydrogens is 1020 g/mol. The van der Waals surface area contributed by atoms with Gasteiger partial charge in [0.15, 0.2) is 0 Å². The fraction of sp³-hybridized carbons (Fsp3) is 0.683. The predicted octanol–water partition coefficient (Wildman–Crippen LogP) is 6.84. The summed E-state index contributed by atoms with van der Waals surface area (Å²) >= 11 is 1.50. The van der Waals surface area contributed by atoms with Crippen LogP contribution in [0.25, 0.3) is 33.4 Å². The molecule has 0 unspecified atom stereocenters. The highest BCUT2D eigenvalue weighted by Gasteiger charge is 2.63. The number of hydrogen-bond acceptors (Lipinski definition) is 16. The summed E-state index contributed by atoms with van der Waals surface area (Å²) in [6.45, 7) is 20.0. The molecule has 1 spiro atoms. The van der Waals surface area contributed by atoms with Crippen molar-refractivity contribution in [3.05, 3.63) is 52.1 Å². The molecule has 10 fully saturated rings. The average molecular weight is 1100 g/mol. The third kappa shape index (κ3) is 9.91. The number of hydrazine groups is 1. The van der Waals surface area contributed by atoms with Gasteiger partial charge in [0.25, 0.3) is 11.8 Å². The van der Waals surface area contributed by atoms with Gasteiger partial charge < -0.3 is 43.2 Å². The number of benzene rings is 1. The molecule has 11 aliphatic rings. The standard InChI is InChI=1S/C60H81N9O9S/c1-35-39-25-60(26-39,78-35)55(71)63-50-52(67-31-43(32-67)74-8)53-62-47(33-79-53)38-9-12-48-44(21-38)46(28-57(3,4)34-76-56(72)59-23-37(24-59)30-69(64-59)54(50)70)51(68(48)18-20-75-42-13-19-77-58(5,6)27-42)45-22-41(29-61-49(45)36(2)73-7)66-16-14-65(15-17-66)40-10-11-40/h9,12,21-22,29,33,35-37,39-40,42-43,50,52,64H,10-11,13-20,23-28,30-32,34H2,1-8H3,(H,63,71)/t35-,36-,37?,39?,42-,50-,52-,59?,60?/m0/s1. The molecule has 15 rings (SSSR count). The van der Waals surface area contributed by atoms with Crippen molar-refractivity contribution in [3.63, 3.8) is 0 Å². The summed E-state index contributed by atoms with van der Waals surface area (Å²) < 4.78 is 40.2. The summed E-state index contributed by atoms with van der Waals surface area (Å²) in [6.07, 6.45) is 8.86. The topological polar surface area (TPSA) is 174 Å². The van der Waals surface area contributed by atoms with Crippen LogP contribution in [-0.4, -0.2) is 174 Å². The summed E-state index contributed by atoms with van der Waals surface area (Å²) in [6, 6.07) is 8.02. The molecule has 8 aliphatic heterocycles.